The zero-order chi connectivity index (χ0) is 14.8. The molecule has 106 valence electrons. The monoisotopic (exact) mass is 346 g/mol. The van der Waals surface area contributed by atoms with Crippen LogP contribution in [0, 0.1) is 0 Å². The Morgan fingerprint density at radius 1 is 1.10 bits per heavy atom. The van der Waals surface area contributed by atoms with E-state index in [9.17, 15) is 13.2 Å². The summed E-state index contributed by atoms with van der Waals surface area (Å²) in [6.45, 7) is 0. The van der Waals surface area contributed by atoms with Gasteiger partial charge in [0.1, 0.15) is 0 Å². The second-order valence-corrected chi connectivity index (χ2v) is 4.85. The van der Waals surface area contributed by atoms with Crippen LogP contribution in [0.3, 0.4) is 0 Å². The summed E-state index contributed by atoms with van der Waals surface area (Å²) in [7, 11) is 0. The van der Waals surface area contributed by atoms with Crippen LogP contribution in [0.4, 0.5) is 30.2 Å². The largest absolute Gasteiger partial charge is 0.573 e. The number of ether oxygens (including phenoxy) is 1. The summed E-state index contributed by atoms with van der Waals surface area (Å²) in [5, 5.41) is 2.84. The van der Waals surface area contributed by atoms with E-state index < -0.39 is 6.36 Å². The fourth-order valence-corrected chi connectivity index (χ4v) is 1.92. The fourth-order valence-electron chi connectivity index (χ4n) is 1.58. The molecule has 3 N–H and O–H groups in total. The minimum Gasteiger partial charge on any atom is -0.404 e. The molecule has 0 aliphatic rings. The summed E-state index contributed by atoms with van der Waals surface area (Å²) in [5.74, 6) is -0.325. The number of rotatable bonds is 3. The van der Waals surface area contributed by atoms with E-state index in [1.165, 1.54) is 12.1 Å². The van der Waals surface area contributed by atoms with Crippen LogP contribution in [-0.2, 0) is 0 Å². The molecule has 0 heterocycles. The molecule has 0 aromatic heterocycles. The van der Waals surface area contributed by atoms with E-state index in [1.807, 2.05) is 0 Å². The number of nitrogens with one attached hydrogen (secondary N) is 1. The number of nitrogen functional groups attached to an aromatic ring is 1. The smallest absolute Gasteiger partial charge is 0.404 e. The number of alkyl halides is 3. The first kappa shape index (κ1) is 14.5. The highest BCUT2D eigenvalue weighted by Gasteiger charge is 2.32. The van der Waals surface area contributed by atoms with Crippen molar-refractivity contribution >= 4 is 33.0 Å². The first-order valence-corrected chi connectivity index (χ1v) is 6.31. The molecular formula is C13H10BrF3N2O. The van der Waals surface area contributed by atoms with Crippen molar-refractivity contribution in [1.82, 2.24) is 0 Å². The third-order valence-corrected chi connectivity index (χ3v) is 2.83. The number of hydrogen-bond donors (Lipinski definition) is 2. The van der Waals surface area contributed by atoms with E-state index >= 15 is 0 Å². The molecule has 2 rings (SSSR count). The summed E-state index contributed by atoms with van der Waals surface area (Å²) in [6.07, 6.45) is -4.76. The Labute approximate surface area is 121 Å². The van der Waals surface area contributed by atoms with Crippen LogP contribution in [0.5, 0.6) is 5.75 Å². The van der Waals surface area contributed by atoms with Crippen LogP contribution < -0.4 is 15.8 Å². The Morgan fingerprint density at radius 2 is 1.85 bits per heavy atom. The Morgan fingerprint density at radius 3 is 2.50 bits per heavy atom. The number of halogens is 4. The topological polar surface area (TPSA) is 47.3 Å². The third-order valence-electron chi connectivity index (χ3n) is 2.33. The molecule has 0 spiro atoms. The quantitative estimate of drug-likeness (QED) is 0.793. The van der Waals surface area contributed by atoms with Gasteiger partial charge in [0.15, 0.2) is 5.75 Å². The molecule has 3 nitrogen and oxygen atoms in total. The Bertz CT molecular complexity index is 617. The van der Waals surface area contributed by atoms with Crippen molar-refractivity contribution in [3.05, 3.63) is 46.9 Å². The van der Waals surface area contributed by atoms with Gasteiger partial charge in [-0.05, 0) is 36.4 Å². The highest BCUT2D eigenvalue weighted by Crippen LogP contribution is 2.34. The molecule has 0 aliphatic carbocycles. The van der Waals surface area contributed by atoms with Crippen molar-refractivity contribution in [3.63, 3.8) is 0 Å². The van der Waals surface area contributed by atoms with E-state index in [-0.39, 0.29) is 11.4 Å². The number of benzene rings is 2. The molecule has 0 saturated heterocycles. The number of hydrogen-bond acceptors (Lipinski definition) is 3. The Kier molecular flexibility index (Phi) is 4.08. The van der Waals surface area contributed by atoms with Crippen LogP contribution in [0.25, 0.3) is 0 Å². The standard InChI is InChI=1S/C13H10BrF3N2O/c14-8-4-5-11(12(6-8)20-13(15,16)17)19-10-3-1-2-9(18)7-10/h1-7,19H,18H2. The third kappa shape index (κ3) is 4.06. The van der Waals surface area contributed by atoms with E-state index in [1.54, 1.807) is 30.3 Å². The molecule has 0 fully saturated rings. The number of nitrogens with two attached hydrogens (primary N) is 1. The minimum atomic E-state index is -4.76. The molecule has 0 bridgehead atoms. The normalized spacial score (nSPS) is 11.2. The summed E-state index contributed by atoms with van der Waals surface area (Å²) >= 11 is 3.11. The van der Waals surface area contributed by atoms with Crippen molar-refractivity contribution in [2.24, 2.45) is 0 Å². The summed E-state index contributed by atoms with van der Waals surface area (Å²) in [5.41, 5.74) is 6.88. The van der Waals surface area contributed by atoms with Gasteiger partial charge < -0.3 is 15.8 Å². The van der Waals surface area contributed by atoms with Gasteiger partial charge in [-0.2, -0.15) is 0 Å². The lowest BCUT2D eigenvalue weighted by Crippen LogP contribution is -2.17. The Balaban J connectivity index is 2.31. The summed E-state index contributed by atoms with van der Waals surface area (Å²) < 4.78 is 41.6. The van der Waals surface area contributed by atoms with Crippen molar-refractivity contribution in [2.75, 3.05) is 11.1 Å². The van der Waals surface area contributed by atoms with Gasteiger partial charge >= 0.3 is 6.36 Å². The molecule has 0 aliphatic heterocycles. The minimum absolute atomic E-state index is 0.191. The summed E-state index contributed by atoms with van der Waals surface area (Å²) in [4.78, 5) is 0. The molecular weight excluding hydrogens is 337 g/mol. The van der Waals surface area contributed by atoms with Crippen LogP contribution in [-0.4, -0.2) is 6.36 Å². The zero-order valence-electron chi connectivity index (χ0n) is 10.0. The molecule has 0 atom stereocenters. The van der Waals surface area contributed by atoms with E-state index in [4.69, 9.17) is 5.73 Å². The number of anilines is 3. The van der Waals surface area contributed by atoms with Crippen LogP contribution >= 0.6 is 15.9 Å². The average Bonchev–Trinajstić information content (AvgIpc) is 2.31. The fraction of sp³-hybridized carbons (Fsp3) is 0.0769. The van der Waals surface area contributed by atoms with Crippen LogP contribution in [0.1, 0.15) is 0 Å². The van der Waals surface area contributed by atoms with Crippen molar-refractivity contribution in [2.45, 2.75) is 6.36 Å². The Hall–Kier alpha value is -1.89. The summed E-state index contributed by atoms with van der Waals surface area (Å²) in [6, 6.07) is 11.0. The lowest BCUT2D eigenvalue weighted by Gasteiger charge is -2.15. The molecule has 2 aromatic rings. The molecule has 2 aromatic carbocycles. The maximum atomic E-state index is 12.4. The van der Waals surface area contributed by atoms with Gasteiger partial charge in [-0.15, -0.1) is 13.2 Å². The van der Waals surface area contributed by atoms with Crippen molar-refractivity contribution in [3.8, 4) is 5.75 Å². The lowest BCUT2D eigenvalue weighted by molar-refractivity contribution is -0.274. The van der Waals surface area contributed by atoms with Gasteiger partial charge in [-0.3, -0.25) is 0 Å². The maximum Gasteiger partial charge on any atom is 0.573 e. The molecule has 0 unspecified atom stereocenters. The van der Waals surface area contributed by atoms with Gasteiger partial charge in [-0.25, -0.2) is 0 Å². The average molecular weight is 347 g/mol. The van der Waals surface area contributed by atoms with E-state index in [2.05, 4.69) is 26.0 Å². The first-order valence-electron chi connectivity index (χ1n) is 5.51. The molecule has 0 saturated carbocycles. The van der Waals surface area contributed by atoms with E-state index in [0.717, 1.165) is 0 Å². The van der Waals surface area contributed by atoms with Crippen molar-refractivity contribution in [1.29, 1.82) is 0 Å². The molecule has 20 heavy (non-hydrogen) atoms. The zero-order valence-corrected chi connectivity index (χ0v) is 11.6. The van der Waals surface area contributed by atoms with Gasteiger partial charge in [0.05, 0.1) is 5.69 Å². The second-order valence-electron chi connectivity index (χ2n) is 3.94. The predicted molar refractivity (Wildman–Crippen MR) is 75.0 cm³/mol. The maximum absolute atomic E-state index is 12.4. The van der Waals surface area contributed by atoms with Crippen molar-refractivity contribution < 1.29 is 17.9 Å². The SMILES string of the molecule is Nc1cccc(Nc2ccc(Br)cc2OC(F)(F)F)c1. The van der Waals surface area contributed by atoms with Crippen LogP contribution in [0.2, 0.25) is 0 Å². The predicted octanol–water partition coefficient (Wildman–Crippen LogP) is 4.67. The molecule has 0 radical (unpaired) electrons. The highest BCUT2D eigenvalue weighted by molar-refractivity contribution is 9.10. The highest BCUT2D eigenvalue weighted by atomic mass is 79.9. The van der Waals surface area contributed by atoms with Gasteiger partial charge in [0.2, 0.25) is 0 Å². The van der Waals surface area contributed by atoms with Gasteiger partial charge in [0, 0.05) is 15.8 Å². The lowest BCUT2D eigenvalue weighted by atomic mass is 10.2. The first-order chi connectivity index (χ1) is 9.33. The molecule has 7 heteroatoms. The van der Waals surface area contributed by atoms with E-state index in [0.29, 0.717) is 15.8 Å². The van der Waals surface area contributed by atoms with Gasteiger partial charge in [-0.1, -0.05) is 22.0 Å². The van der Waals surface area contributed by atoms with Crippen LogP contribution in [0.15, 0.2) is 46.9 Å². The van der Waals surface area contributed by atoms with Gasteiger partial charge in [0.25, 0.3) is 0 Å². The molecule has 0 amide bonds. The second kappa shape index (κ2) is 5.62.